The van der Waals surface area contributed by atoms with E-state index in [-0.39, 0.29) is 23.6 Å². The van der Waals surface area contributed by atoms with Gasteiger partial charge in [0.2, 0.25) is 5.91 Å². The first-order valence-corrected chi connectivity index (χ1v) is 12.2. The molecule has 0 saturated carbocycles. The third-order valence-electron chi connectivity index (χ3n) is 4.89. The number of thioether (sulfide) groups is 1. The zero-order valence-corrected chi connectivity index (χ0v) is 20.5. The maximum Gasteiger partial charge on any atom is 0.253 e. The smallest absolute Gasteiger partial charge is 0.253 e. The third-order valence-corrected chi connectivity index (χ3v) is 6.19. The summed E-state index contributed by atoms with van der Waals surface area (Å²) < 4.78 is 1.94. The van der Waals surface area contributed by atoms with Gasteiger partial charge in [0, 0.05) is 12.2 Å². The van der Waals surface area contributed by atoms with Gasteiger partial charge in [-0.15, -0.1) is 10.2 Å². The molecule has 7 nitrogen and oxygen atoms in total. The number of halogens is 1. The van der Waals surface area contributed by atoms with E-state index in [0.717, 1.165) is 5.69 Å². The highest BCUT2D eigenvalue weighted by molar-refractivity contribution is 7.99. The molecule has 2 N–H and O–H groups in total. The van der Waals surface area contributed by atoms with Crippen LogP contribution in [0.4, 0.5) is 5.69 Å². The molecule has 0 aliphatic rings. The molecule has 2 aromatic carbocycles. The Balaban J connectivity index is 1.74. The number of carbonyl (C=O) groups is 2. The molecule has 0 bridgehead atoms. The van der Waals surface area contributed by atoms with Crippen LogP contribution in [0.3, 0.4) is 0 Å². The molecule has 0 aliphatic heterocycles. The largest absolute Gasteiger partial charge is 0.342 e. The molecule has 2 amide bonds. The highest BCUT2D eigenvalue weighted by Gasteiger charge is 2.25. The van der Waals surface area contributed by atoms with Gasteiger partial charge >= 0.3 is 0 Å². The van der Waals surface area contributed by atoms with E-state index in [4.69, 9.17) is 11.6 Å². The second-order valence-corrected chi connectivity index (χ2v) is 9.27. The van der Waals surface area contributed by atoms with Crippen molar-refractivity contribution in [2.24, 2.45) is 5.92 Å². The minimum atomic E-state index is -0.339. The van der Waals surface area contributed by atoms with Crippen LogP contribution in [0.1, 0.15) is 49.4 Å². The SMILES string of the molecule is CCn1c(SCC(=O)Nc2ccccc2)nnc1[C@H](CC(C)C)NC(=O)c1ccccc1Cl. The summed E-state index contributed by atoms with van der Waals surface area (Å²) in [5.41, 5.74) is 1.17. The van der Waals surface area contributed by atoms with Crippen LogP contribution in [0.5, 0.6) is 0 Å². The average molecular weight is 486 g/mol. The van der Waals surface area contributed by atoms with Crippen molar-refractivity contribution in [3.05, 3.63) is 71.0 Å². The molecule has 0 spiro atoms. The summed E-state index contributed by atoms with van der Waals surface area (Å²) in [4.78, 5) is 25.3. The lowest BCUT2D eigenvalue weighted by molar-refractivity contribution is -0.113. The Morgan fingerprint density at radius 1 is 1.06 bits per heavy atom. The van der Waals surface area contributed by atoms with Crippen LogP contribution < -0.4 is 10.6 Å². The molecule has 3 rings (SSSR count). The molecule has 33 heavy (non-hydrogen) atoms. The fourth-order valence-electron chi connectivity index (χ4n) is 3.39. The van der Waals surface area contributed by atoms with E-state index in [9.17, 15) is 9.59 Å². The van der Waals surface area contributed by atoms with Gasteiger partial charge in [0.25, 0.3) is 5.91 Å². The van der Waals surface area contributed by atoms with Crippen LogP contribution in [0.2, 0.25) is 5.02 Å². The Labute approximate surface area is 203 Å². The van der Waals surface area contributed by atoms with Gasteiger partial charge in [-0.05, 0) is 43.5 Å². The van der Waals surface area contributed by atoms with E-state index in [0.29, 0.717) is 40.5 Å². The number of benzene rings is 2. The van der Waals surface area contributed by atoms with Gasteiger partial charge in [-0.2, -0.15) is 0 Å². The Kier molecular flexibility index (Phi) is 8.91. The van der Waals surface area contributed by atoms with Crippen molar-refractivity contribution in [1.82, 2.24) is 20.1 Å². The van der Waals surface area contributed by atoms with E-state index < -0.39 is 0 Å². The van der Waals surface area contributed by atoms with Crippen LogP contribution in [-0.2, 0) is 11.3 Å². The van der Waals surface area contributed by atoms with Crippen molar-refractivity contribution in [3.63, 3.8) is 0 Å². The summed E-state index contributed by atoms with van der Waals surface area (Å²) in [6.07, 6.45) is 0.688. The molecule has 1 aromatic heterocycles. The molecule has 1 heterocycles. The monoisotopic (exact) mass is 485 g/mol. The van der Waals surface area contributed by atoms with Gasteiger partial charge in [-0.1, -0.05) is 67.5 Å². The summed E-state index contributed by atoms with van der Waals surface area (Å²) in [6.45, 7) is 6.78. The lowest BCUT2D eigenvalue weighted by atomic mass is 10.0. The third kappa shape index (κ3) is 6.82. The quantitative estimate of drug-likeness (QED) is 0.385. The van der Waals surface area contributed by atoms with Gasteiger partial charge < -0.3 is 15.2 Å². The summed E-state index contributed by atoms with van der Waals surface area (Å²) in [5, 5.41) is 15.7. The molecule has 0 saturated heterocycles. The first-order valence-electron chi connectivity index (χ1n) is 10.8. The predicted molar refractivity (Wildman–Crippen MR) is 133 cm³/mol. The molecule has 1 atom stereocenters. The van der Waals surface area contributed by atoms with E-state index in [1.54, 1.807) is 24.3 Å². The predicted octanol–water partition coefficient (Wildman–Crippen LogP) is 5.20. The van der Waals surface area contributed by atoms with Crippen LogP contribution in [-0.4, -0.2) is 32.3 Å². The summed E-state index contributed by atoms with van der Waals surface area (Å²) in [6, 6.07) is 15.9. The Bertz CT molecular complexity index is 1090. The number of aromatic nitrogens is 3. The molecule has 9 heteroatoms. The second-order valence-electron chi connectivity index (χ2n) is 7.92. The van der Waals surface area contributed by atoms with Gasteiger partial charge in [-0.25, -0.2) is 0 Å². The molecule has 0 aliphatic carbocycles. The van der Waals surface area contributed by atoms with E-state index >= 15 is 0 Å². The Morgan fingerprint density at radius 3 is 2.42 bits per heavy atom. The number of rotatable bonds is 10. The van der Waals surface area contributed by atoms with E-state index in [1.165, 1.54) is 11.8 Å². The topological polar surface area (TPSA) is 88.9 Å². The Hall–Kier alpha value is -2.84. The van der Waals surface area contributed by atoms with Crippen LogP contribution in [0.25, 0.3) is 0 Å². The maximum atomic E-state index is 12.9. The van der Waals surface area contributed by atoms with Crippen LogP contribution >= 0.6 is 23.4 Å². The lowest BCUT2D eigenvalue weighted by Crippen LogP contribution is -2.31. The zero-order chi connectivity index (χ0) is 23.8. The van der Waals surface area contributed by atoms with E-state index in [1.807, 2.05) is 41.8 Å². The first-order chi connectivity index (χ1) is 15.9. The number of amides is 2. The van der Waals surface area contributed by atoms with Crippen LogP contribution in [0, 0.1) is 5.92 Å². The van der Waals surface area contributed by atoms with Crippen molar-refractivity contribution < 1.29 is 9.59 Å². The summed E-state index contributed by atoms with van der Waals surface area (Å²) in [7, 11) is 0. The zero-order valence-electron chi connectivity index (χ0n) is 18.9. The molecule has 0 radical (unpaired) electrons. The molecular formula is C24H28ClN5O2S. The fourth-order valence-corrected chi connectivity index (χ4v) is 4.42. The number of nitrogens with zero attached hydrogens (tertiary/aromatic N) is 3. The van der Waals surface area contributed by atoms with Gasteiger partial charge in [0.15, 0.2) is 11.0 Å². The minimum Gasteiger partial charge on any atom is -0.342 e. The average Bonchev–Trinajstić information content (AvgIpc) is 3.21. The van der Waals surface area contributed by atoms with Crippen molar-refractivity contribution >= 4 is 40.9 Å². The maximum absolute atomic E-state index is 12.9. The van der Waals surface area contributed by atoms with E-state index in [2.05, 4.69) is 34.7 Å². The molecule has 0 fully saturated rings. The molecule has 3 aromatic rings. The number of nitrogens with one attached hydrogen (secondary N) is 2. The Morgan fingerprint density at radius 2 is 1.76 bits per heavy atom. The van der Waals surface area contributed by atoms with Crippen molar-refractivity contribution in [2.75, 3.05) is 11.1 Å². The standard InChI is InChI=1S/C24H28ClN5O2S/c1-4-30-22(20(14-16(2)3)27-23(32)18-12-8-9-13-19(18)25)28-29-24(30)33-15-21(31)26-17-10-6-5-7-11-17/h5-13,16,20H,4,14-15H2,1-3H3,(H,26,31)(H,27,32)/t20-/m0/s1. The normalized spacial score (nSPS) is 11.9. The molecule has 174 valence electrons. The number of anilines is 1. The first kappa shape index (κ1) is 24.8. The van der Waals surface area contributed by atoms with Crippen molar-refractivity contribution in [2.45, 2.75) is 44.9 Å². The van der Waals surface area contributed by atoms with Gasteiger partial charge in [0.05, 0.1) is 22.4 Å². The second kappa shape index (κ2) is 11.9. The minimum absolute atomic E-state index is 0.121. The molecule has 0 unspecified atom stereocenters. The van der Waals surface area contributed by atoms with Crippen molar-refractivity contribution in [1.29, 1.82) is 0 Å². The lowest BCUT2D eigenvalue weighted by Gasteiger charge is -2.21. The summed E-state index contributed by atoms with van der Waals surface area (Å²) in [5.74, 6) is 0.805. The highest BCUT2D eigenvalue weighted by Crippen LogP contribution is 2.26. The molecular weight excluding hydrogens is 458 g/mol. The summed E-state index contributed by atoms with van der Waals surface area (Å²) >= 11 is 7.53. The highest BCUT2D eigenvalue weighted by atomic mass is 35.5. The van der Waals surface area contributed by atoms with Gasteiger partial charge in [-0.3, -0.25) is 9.59 Å². The van der Waals surface area contributed by atoms with Crippen LogP contribution in [0.15, 0.2) is 59.8 Å². The van der Waals surface area contributed by atoms with Gasteiger partial charge in [0.1, 0.15) is 0 Å². The number of carbonyl (C=O) groups excluding carboxylic acids is 2. The fraction of sp³-hybridized carbons (Fsp3) is 0.333. The number of hydrogen-bond acceptors (Lipinski definition) is 5. The van der Waals surface area contributed by atoms with Crippen molar-refractivity contribution in [3.8, 4) is 0 Å². The number of hydrogen-bond donors (Lipinski definition) is 2. The number of para-hydroxylation sites is 1.